The van der Waals surface area contributed by atoms with Crippen molar-refractivity contribution in [1.29, 1.82) is 5.26 Å². The zero-order chi connectivity index (χ0) is 20.9. The molecule has 29 heavy (non-hydrogen) atoms. The SMILES string of the molecule is CN(C(=O)COc1ccc(C(=O)c2ccc(F)cc2)cc1)C1(C#N)CCCCC1. The van der Waals surface area contributed by atoms with E-state index in [1.54, 1.807) is 31.3 Å². The lowest BCUT2D eigenvalue weighted by molar-refractivity contribution is -0.137. The molecule has 0 N–H and O–H groups in total. The Balaban J connectivity index is 1.60. The number of amides is 1. The average molecular weight is 394 g/mol. The highest BCUT2D eigenvalue weighted by molar-refractivity contribution is 6.09. The van der Waals surface area contributed by atoms with E-state index in [4.69, 9.17) is 4.74 Å². The summed E-state index contributed by atoms with van der Waals surface area (Å²) in [5, 5.41) is 9.60. The first-order valence-electron chi connectivity index (χ1n) is 9.66. The first-order chi connectivity index (χ1) is 13.9. The summed E-state index contributed by atoms with van der Waals surface area (Å²) in [6.45, 7) is -0.175. The van der Waals surface area contributed by atoms with E-state index in [9.17, 15) is 19.2 Å². The summed E-state index contributed by atoms with van der Waals surface area (Å²) in [5.41, 5.74) is 0.0913. The minimum absolute atomic E-state index is 0.175. The molecule has 1 fully saturated rings. The molecule has 2 aromatic rings. The fraction of sp³-hybridized carbons (Fsp3) is 0.348. The van der Waals surface area contributed by atoms with E-state index in [0.29, 0.717) is 29.7 Å². The van der Waals surface area contributed by atoms with Crippen LogP contribution in [-0.4, -0.2) is 35.8 Å². The van der Waals surface area contributed by atoms with Crippen molar-refractivity contribution in [3.8, 4) is 11.8 Å². The van der Waals surface area contributed by atoms with Gasteiger partial charge in [-0.2, -0.15) is 5.26 Å². The highest BCUT2D eigenvalue weighted by Crippen LogP contribution is 2.32. The molecule has 0 unspecified atom stereocenters. The third kappa shape index (κ3) is 4.62. The molecule has 0 atom stereocenters. The van der Waals surface area contributed by atoms with Gasteiger partial charge < -0.3 is 9.64 Å². The molecule has 1 saturated carbocycles. The molecule has 150 valence electrons. The second-order valence-corrected chi connectivity index (χ2v) is 7.31. The van der Waals surface area contributed by atoms with E-state index >= 15 is 0 Å². The van der Waals surface area contributed by atoms with Gasteiger partial charge in [-0.3, -0.25) is 9.59 Å². The molecule has 0 saturated heterocycles. The topological polar surface area (TPSA) is 70.4 Å². The summed E-state index contributed by atoms with van der Waals surface area (Å²) < 4.78 is 18.6. The van der Waals surface area contributed by atoms with Gasteiger partial charge in [0.15, 0.2) is 12.4 Å². The molecule has 1 amide bonds. The van der Waals surface area contributed by atoms with Gasteiger partial charge in [0.25, 0.3) is 5.91 Å². The summed E-state index contributed by atoms with van der Waals surface area (Å²) in [4.78, 5) is 26.5. The number of hydrogen-bond donors (Lipinski definition) is 0. The molecule has 6 heteroatoms. The summed E-state index contributed by atoms with van der Waals surface area (Å²) in [7, 11) is 1.66. The number of carbonyl (C=O) groups excluding carboxylic acids is 2. The van der Waals surface area contributed by atoms with Crippen molar-refractivity contribution < 1.29 is 18.7 Å². The molecular formula is C23H23FN2O3. The van der Waals surface area contributed by atoms with E-state index in [-0.39, 0.29) is 18.3 Å². The number of carbonyl (C=O) groups is 2. The average Bonchev–Trinajstić information content (AvgIpc) is 2.77. The van der Waals surface area contributed by atoms with Gasteiger partial charge in [0.2, 0.25) is 0 Å². The van der Waals surface area contributed by atoms with Crippen molar-refractivity contribution in [3.63, 3.8) is 0 Å². The van der Waals surface area contributed by atoms with Gasteiger partial charge in [0.05, 0.1) is 6.07 Å². The van der Waals surface area contributed by atoms with Crippen LogP contribution in [0.25, 0.3) is 0 Å². The molecule has 0 spiro atoms. The van der Waals surface area contributed by atoms with E-state index in [1.807, 2.05) is 0 Å². The van der Waals surface area contributed by atoms with Crippen molar-refractivity contribution >= 4 is 11.7 Å². The van der Waals surface area contributed by atoms with Crippen molar-refractivity contribution in [2.24, 2.45) is 0 Å². The Morgan fingerprint density at radius 2 is 1.59 bits per heavy atom. The van der Waals surface area contributed by atoms with E-state index in [1.165, 1.54) is 29.2 Å². The maximum absolute atomic E-state index is 13.0. The zero-order valence-corrected chi connectivity index (χ0v) is 16.4. The monoisotopic (exact) mass is 394 g/mol. The minimum atomic E-state index is -0.746. The number of nitrogens with zero attached hydrogens (tertiary/aromatic N) is 2. The molecule has 5 nitrogen and oxygen atoms in total. The smallest absolute Gasteiger partial charge is 0.261 e. The highest BCUT2D eigenvalue weighted by atomic mass is 19.1. The number of rotatable bonds is 6. The summed E-state index contributed by atoms with van der Waals surface area (Å²) in [5.74, 6) is -0.413. The van der Waals surface area contributed by atoms with Crippen LogP contribution in [-0.2, 0) is 4.79 Å². The molecule has 0 radical (unpaired) electrons. The van der Waals surface area contributed by atoms with Gasteiger partial charge in [-0.05, 0) is 61.4 Å². The molecular weight excluding hydrogens is 371 g/mol. The third-order valence-electron chi connectivity index (χ3n) is 5.49. The van der Waals surface area contributed by atoms with Crippen molar-refractivity contribution in [1.82, 2.24) is 4.90 Å². The van der Waals surface area contributed by atoms with Crippen LogP contribution < -0.4 is 4.74 Å². The Morgan fingerprint density at radius 3 is 2.14 bits per heavy atom. The first-order valence-corrected chi connectivity index (χ1v) is 9.66. The number of ketones is 1. The number of ether oxygens (including phenoxy) is 1. The third-order valence-corrected chi connectivity index (χ3v) is 5.49. The molecule has 2 aromatic carbocycles. The maximum atomic E-state index is 13.0. The van der Waals surface area contributed by atoms with Gasteiger partial charge in [-0.25, -0.2) is 4.39 Å². The van der Waals surface area contributed by atoms with E-state index in [0.717, 1.165) is 19.3 Å². The van der Waals surface area contributed by atoms with Gasteiger partial charge in [-0.1, -0.05) is 19.3 Å². The van der Waals surface area contributed by atoms with E-state index in [2.05, 4.69) is 6.07 Å². The van der Waals surface area contributed by atoms with Gasteiger partial charge in [0, 0.05) is 18.2 Å². The molecule has 1 aliphatic carbocycles. The van der Waals surface area contributed by atoms with Crippen LogP contribution in [0.2, 0.25) is 0 Å². The predicted molar refractivity (Wildman–Crippen MR) is 106 cm³/mol. The Kier molecular flexibility index (Phi) is 6.28. The summed E-state index contributed by atoms with van der Waals surface area (Å²) >= 11 is 0. The Bertz CT molecular complexity index is 911. The van der Waals surface area contributed by atoms with Crippen molar-refractivity contribution in [3.05, 3.63) is 65.5 Å². The quantitative estimate of drug-likeness (QED) is 0.691. The Hall–Kier alpha value is -3.20. The van der Waals surface area contributed by atoms with Crippen LogP contribution in [0.15, 0.2) is 48.5 Å². The standard InChI is InChI=1S/C23H23FN2O3/c1-26(23(16-25)13-3-2-4-14-23)21(27)15-29-20-11-7-18(8-12-20)22(28)17-5-9-19(24)10-6-17/h5-12H,2-4,13-15H2,1H3. The molecule has 0 aliphatic heterocycles. The van der Waals surface area contributed by atoms with Gasteiger partial charge in [-0.15, -0.1) is 0 Å². The van der Waals surface area contributed by atoms with Gasteiger partial charge in [0.1, 0.15) is 17.1 Å². The molecule has 3 rings (SSSR count). The fourth-order valence-corrected chi connectivity index (χ4v) is 3.61. The van der Waals surface area contributed by atoms with Crippen LogP contribution in [0.4, 0.5) is 4.39 Å². The van der Waals surface area contributed by atoms with Crippen LogP contribution in [0.5, 0.6) is 5.75 Å². The van der Waals surface area contributed by atoms with Crippen molar-refractivity contribution in [2.45, 2.75) is 37.6 Å². The highest BCUT2D eigenvalue weighted by Gasteiger charge is 2.38. The minimum Gasteiger partial charge on any atom is -0.484 e. The second kappa shape index (κ2) is 8.87. The lowest BCUT2D eigenvalue weighted by atomic mass is 9.81. The molecule has 1 aliphatic rings. The maximum Gasteiger partial charge on any atom is 0.261 e. The van der Waals surface area contributed by atoms with Crippen LogP contribution in [0.1, 0.15) is 48.0 Å². The van der Waals surface area contributed by atoms with Crippen LogP contribution in [0, 0.1) is 17.1 Å². The molecule has 0 aromatic heterocycles. The first kappa shape index (κ1) is 20.5. The molecule has 0 bridgehead atoms. The second-order valence-electron chi connectivity index (χ2n) is 7.31. The van der Waals surface area contributed by atoms with Crippen LogP contribution >= 0.6 is 0 Å². The summed E-state index contributed by atoms with van der Waals surface area (Å²) in [6.07, 6.45) is 4.34. The van der Waals surface area contributed by atoms with Crippen LogP contribution in [0.3, 0.4) is 0 Å². The number of hydrogen-bond acceptors (Lipinski definition) is 4. The van der Waals surface area contributed by atoms with Gasteiger partial charge >= 0.3 is 0 Å². The van der Waals surface area contributed by atoms with Crippen molar-refractivity contribution in [2.75, 3.05) is 13.7 Å². The normalized spacial score (nSPS) is 15.2. The Morgan fingerprint density at radius 1 is 1.03 bits per heavy atom. The number of halogens is 1. The molecule has 0 heterocycles. The lowest BCUT2D eigenvalue weighted by Crippen LogP contribution is -2.51. The number of nitriles is 1. The van der Waals surface area contributed by atoms with E-state index < -0.39 is 11.4 Å². The summed E-state index contributed by atoms with van der Waals surface area (Å²) in [6, 6.07) is 14.1. The largest absolute Gasteiger partial charge is 0.484 e. The fourth-order valence-electron chi connectivity index (χ4n) is 3.61. The predicted octanol–water partition coefficient (Wildman–Crippen LogP) is 4.12. The Labute approximate surface area is 169 Å². The number of benzene rings is 2. The lowest BCUT2D eigenvalue weighted by Gasteiger charge is -2.38. The number of likely N-dealkylation sites (N-methyl/N-ethyl adjacent to an activating group) is 1. The zero-order valence-electron chi connectivity index (χ0n) is 16.4.